The van der Waals surface area contributed by atoms with E-state index in [-0.39, 0.29) is 11.8 Å². The van der Waals surface area contributed by atoms with Crippen LogP contribution in [0, 0.1) is 0 Å². The first-order valence-corrected chi connectivity index (χ1v) is 4.82. The van der Waals surface area contributed by atoms with Crippen LogP contribution in [0.2, 0.25) is 5.15 Å². The standard InChI is InChI=1S/C8H13ClN4O2/c9-6-5-12-7(10)8(13-6)11-1-3-15-4-2-14/h5,14H,1-4H2,(H2,10,12)(H,11,13). The Morgan fingerprint density at radius 1 is 1.53 bits per heavy atom. The molecular formula is C8H13ClN4O2. The summed E-state index contributed by atoms with van der Waals surface area (Å²) in [5, 5.41) is 11.7. The monoisotopic (exact) mass is 232 g/mol. The second-order valence-electron chi connectivity index (χ2n) is 2.69. The number of halogens is 1. The quantitative estimate of drug-likeness (QED) is 0.604. The number of nitrogens with zero attached hydrogens (tertiary/aromatic N) is 2. The molecule has 7 heteroatoms. The van der Waals surface area contributed by atoms with Crippen LogP contribution >= 0.6 is 11.6 Å². The Morgan fingerprint density at radius 3 is 3.07 bits per heavy atom. The fourth-order valence-electron chi connectivity index (χ4n) is 0.915. The van der Waals surface area contributed by atoms with E-state index >= 15 is 0 Å². The lowest BCUT2D eigenvalue weighted by Crippen LogP contribution is -2.13. The first kappa shape index (κ1) is 12.0. The van der Waals surface area contributed by atoms with Gasteiger partial charge in [0.1, 0.15) is 5.15 Å². The Labute approximate surface area is 92.4 Å². The van der Waals surface area contributed by atoms with E-state index in [1.165, 1.54) is 6.20 Å². The van der Waals surface area contributed by atoms with Crippen molar-refractivity contribution in [3.05, 3.63) is 11.3 Å². The summed E-state index contributed by atoms with van der Waals surface area (Å²) in [5.41, 5.74) is 5.55. The minimum Gasteiger partial charge on any atom is -0.394 e. The van der Waals surface area contributed by atoms with Gasteiger partial charge in [-0.15, -0.1) is 0 Å². The summed E-state index contributed by atoms with van der Waals surface area (Å²) in [5.74, 6) is 0.733. The maximum absolute atomic E-state index is 8.46. The van der Waals surface area contributed by atoms with E-state index in [1.54, 1.807) is 0 Å². The SMILES string of the molecule is Nc1ncc(Cl)nc1NCCOCCO. The van der Waals surface area contributed by atoms with Crippen molar-refractivity contribution in [2.75, 3.05) is 37.4 Å². The van der Waals surface area contributed by atoms with Crippen molar-refractivity contribution in [3.8, 4) is 0 Å². The molecule has 0 saturated carbocycles. The second-order valence-corrected chi connectivity index (χ2v) is 3.08. The molecular weight excluding hydrogens is 220 g/mol. The van der Waals surface area contributed by atoms with E-state index in [9.17, 15) is 0 Å². The molecule has 0 aliphatic carbocycles. The minimum atomic E-state index is 0.0130. The highest BCUT2D eigenvalue weighted by Gasteiger charge is 2.01. The topological polar surface area (TPSA) is 93.3 Å². The summed E-state index contributed by atoms with van der Waals surface area (Å²) in [6.45, 7) is 1.31. The smallest absolute Gasteiger partial charge is 0.170 e. The van der Waals surface area contributed by atoms with Crippen molar-refractivity contribution in [2.24, 2.45) is 0 Å². The van der Waals surface area contributed by atoms with Gasteiger partial charge in [0.2, 0.25) is 0 Å². The van der Waals surface area contributed by atoms with Crippen LogP contribution in [0.1, 0.15) is 0 Å². The van der Waals surface area contributed by atoms with Gasteiger partial charge < -0.3 is 20.9 Å². The molecule has 0 spiro atoms. The summed E-state index contributed by atoms with van der Waals surface area (Å²) in [6.07, 6.45) is 1.38. The number of hydrogen-bond donors (Lipinski definition) is 3. The van der Waals surface area contributed by atoms with Gasteiger partial charge in [-0.2, -0.15) is 0 Å². The van der Waals surface area contributed by atoms with Crippen molar-refractivity contribution in [3.63, 3.8) is 0 Å². The van der Waals surface area contributed by atoms with Crippen LogP contribution in [-0.4, -0.2) is 41.4 Å². The Kier molecular flexibility index (Phi) is 5.09. The van der Waals surface area contributed by atoms with Gasteiger partial charge in [-0.3, -0.25) is 0 Å². The van der Waals surface area contributed by atoms with E-state index in [4.69, 9.17) is 27.2 Å². The van der Waals surface area contributed by atoms with Crippen LogP contribution in [0.3, 0.4) is 0 Å². The normalized spacial score (nSPS) is 10.3. The van der Waals surface area contributed by atoms with Crippen LogP contribution in [0.5, 0.6) is 0 Å². The van der Waals surface area contributed by atoms with Gasteiger partial charge in [0.15, 0.2) is 11.6 Å². The van der Waals surface area contributed by atoms with Gasteiger partial charge in [-0.25, -0.2) is 9.97 Å². The van der Waals surface area contributed by atoms with Crippen molar-refractivity contribution in [2.45, 2.75) is 0 Å². The number of aliphatic hydroxyl groups is 1. The molecule has 4 N–H and O–H groups in total. The number of aromatic nitrogens is 2. The number of rotatable bonds is 6. The average Bonchev–Trinajstić information content (AvgIpc) is 2.23. The molecule has 0 aromatic carbocycles. The predicted octanol–water partition coefficient (Wildman–Crippen LogP) is 0.133. The highest BCUT2D eigenvalue weighted by atomic mass is 35.5. The maximum atomic E-state index is 8.46. The van der Waals surface area contributed by atoms with Crippen molar-refractivity contribution < 1.29 is 9.84 Å². The van der Waals surface area contributed by atoms with Crippen LogP contribution in [-0.2, 0) is 4.74 Å². The first-order chi connectivity index (χ1) is 7.24. The molecule has 0 aliphatic heterocycles. The zero-order valence-corrected chi connectivity index (χ0v) is 8.87. The van der Waals surface area contributed by atoms with Crippen LogP contribution in [0.4, 0.5) is 11.6 Å². The molecule has 15 heavy (non-hydrogen) atoms. The molecule has 0 amide bonds. The zero-order valence-electron chi connectivity index (χ0n) is 8.11. The lowest BCUT2D eigenvalue weighted by atomic mass is 10.5. The predicted molar refractivity (Wildman–Crippen MR) is 57.8 cm³/mol. The third kappa shape index (κ3) is 4.28. The molecule has 84 valence electrons. The molecule has 1 aromatic rings. The largest absolute Gasteiger partial charge is 0.394 e. The molecule has 6 nitrogen and oxygen atoms in total. The molecule has 0 aliphatic rings. The maximum Gasteiger partial charge on any atom is 0.170 e. The lowest BCUT2D eigenvalue weighted by molar-refractivity contribution is 0.0992. The second kappa shape index (κ2) is 6.39. The Morgan fingerprint density at radius 2 is 2.33 bits per heavy atom. The van der Waals surface area contributed by atoms with E-state index in [2.05, 4.69) is 15.3 Å². The van der Waals surface area contributed by atoms with Crippen LogP contribution < -0.4 is 11.1 Å². The van der Waals surface area contributed by atoms with E-state index in [0.717, 1.165) is 0 Å². The third-order valence-corrected chi connectivity index (χ3v) is 1.73. The third-order valence-electron chi connectivity index (χ3n) is 1.55. The van der Waals surface area contributed by atoms with Crippen LogP contribution in [0.15, 0.2) is 6.20 Å². The first-order valence-electron chi connectivity index (χ1n) is 4.44. The van der Waals surface area contributed by atoms with Gasteiger partial charge in [0.25, 0.3) is 0 Å². The fraction of sp³-hybridized carbons (Fsp3) is 0.500. The molecule has 0 fully saturated rings. The average molecular weight is 233 g/mol. The van der Waals surface area contributed by atoms with E-state index in [1.807, 2.05) is 0 Å². The molecule has 0 radical (unpaired) electrons. The zero-order chi connectivity index (χ0) is 11.1. The number of hydrogen-bond acceptors (Lipinski definition) is 6. The number of aliphatic hydroxyl groups excluding tert-OH is 1. The van der Waals surface area contributed by atoms with Crippen LogP contribution in [0.25, 0.3) is 0 Å². The summed E-state index contributed by atoms with van der Waals surface area (Å²) < 4.78 is 5.04. The number of nitrogen functional groups attached to an aromatic ring is 1. The van der Waals surface area contributed by atoms with Gasteiger partial charge in [-0.05, 0) is 0 Å². The molecule has 0 unspecified atom stereocenters. The van der Waals surface area contributed by atoms with Crippen molar-refractivity contribution >= 4 is 23.2 Å². The number of nitrogens with two attached hydrogens (primary N) is 1. The number of anilines is 2. The Bertz CT molecular complexity index is 311. The van der Waals surface area contributed by atoms with Crippen molar-refractivity contribution in [1.82, 2.24) is 9.97 Å². The van der Waals surface area contributed by atoms with Gasteiger partial charge in [0.05, 0.1) is 26.0 Å². The Balaban J connectivity index is 2.33. The fourth-order valence-corrected chi connectivity index (χ4v) is 1.05. The van der Waals surface area contributed by atoms with Gasteiger partial charge in [0, 0.05) is 6.54 Å². The molecule has 0 bridgehead atoms. The highest BCUT2D eigenvalue weighted by Crippen LogP contribution is 2.14. The van der Waals surface area contributed by atoms with E-state index in [0.29, 0.717) is 31.4 Å². The summed E-state index contributed by atoms with van der Waals surface area (Å²) in [4.78, 5) is 7.79. The van der Waals surface area contributed by atoms with Gasteiger partial charge in [-0.1, -0.05) is 11.6 Å². The summed E-state index contributed by atoms with van der Waals surface area (Å²) in [7, 11) is 0. The molecule has 1 heterocycles. The summed E-state index contributed by atoms with van der Waals surface area (Å²) >= 11 is 5.65. The number of ether oxygens (including phenoxy) is 1. The van der Waals surface area contributed by atoms with Gasteiger partial charge >= 0.3 is 0 Å². The lowest BCUT2D eigenvalue weighted by Gasteiger charge is -2.07. The van der Waals surface area contributed by atoms with Crippen molar-refractivity contribution in [1.29, 1.82) is 0 Å². The Hall–Kier alpha value is -1.11. The summed E-state index contributed by atoms with van der Waals surface area (Å²) in [6, 6.07) is 0. The van der Waals surface area contributed by atoms with E-state index < -0.39 is 0 Å². The molecule has 0 saturated heterocycles. The highest BCUT2D eigenvalue weighted by molar-refractivity contribution is 6.29. The molecule has 1 rings (SSSR count). The minimum absolute atomic E-state index is 0.0130. The molecule has 1 aromatic heterocycles. The number of nitrogens with one attached hydrogen (secondary N) is 1. The molecule has 0 atom stereocenters.